The number of nitrogens with zero attached hydrogens (tertiary/aromatic N) is 1. The normalized spacial score (nSPS) is 16.8. The largest absolute Gasteiger partial charge is 0.507 e. The molecule has 0 aromatic heterocycles. The van der Waals surface area contributed by atoms with Crippen LogP contribution in [0.5, 0.6) is 17.2 Å². The van der Waals surface area contributed by atoms with Crippen molar-refractivity contribution in [3.8, 4) is 17.2 Å². The van der Waals surface area contributed by atoms with Gasteiger partial charge in [0.15, 0.2) is 11.5 Å². The summed E-state index contributed by atoms with van der Waals surface area (Å²) in [5, 5.41) is 11.3. The van der Waals surface area contributed by atoms with Gasteiger partial charge >= 0.3 is 0 Å². The molecule has 1 unspecified atom stereocenters. The van der Waals surface area contributed by atoms with Crippen LogP contribution in [0.25, 0.3) is 5.76 Å². The topological polar surface area (TPSA) is 94.5 Å². The molecular weight excluding hydrogens is 486 g/mol. The lowest BCUT2D eigenvalue weighted by Crippen LogP contribution is -2.32. The summed E-state index contributed by atoms with van der Waals surface area (Å²) in [5.41, 5.74) is 1.07. The van der Waals surface area contributed by atoms with E-state index in [1.165, 1.54) is 12.0 Å². The van der Waals surface area contributed by atoms with Crippen molar-refractivity contribution in [1.82, 2.24) is 4.90 Å². The van der Waals surface area contributed by atoms with Gasteiger partial charge in [0.1, 0.15) is 11.5 Å². The maximum atomic E-state index is 13.2. The second kappa shape index (κ2) is 13.9. The van der Waals surface area contributed by atoms with Crippen LogP contribution in [0.1, 0.15) is 57.7 Å². The quantitative estimate of drug-likeness (QED) is 0.201. The number of ketones is 1. The van der Waals surface area contributed by atoms with Gasteiger partial charge in [-0.05, 0) is 67.6 Å². The summed E-state index contributed by atoms with van der Waals surface area (Å²) in [4.78, 5) is 27.8. The van der Waals surface area contributed by atoms with E-state index in [9.17, 15) is 14.7 Å². The van der Waals surface area contributed by atoms with Crippen molar-refractivity contribution >= 4 is 17.4 Å². The Bertz CT molecular complexity index is 1120. The zero-order chi connectivity index (χ0) is 27.7. The van der Waals surface area contributed by atoms with Crippen LogP contribution in [-0.2, 0) is 14.3 Å². The first-order valence-electron chi connectivity index (χ1n) is 13.2. The van der Waals surface area contributed by atoms with Crippen molar-refractivity contribution in [2.45, 2.75) is 46.6 Å². The summed E-state index contributed by atoms with van der Waals surface area (Å²) in [6, 6.07) is 11.4. The fourth-order valence-corrected chi connectivity index (χ4v) is 4.22. The molecular formula is C30H39NO7. The Morgan fingerprint density at radius 3 is 2.32 bits per heavy atom. The first-order chi connectivity index (χ1) is 18.3. The van der Waals surface area contributed by atoms with Crippen LogP contribution in [-0.4, -0.2) is 61.8 Å². The fraction of sp³-hybridized carbons (Fsp3) is 0.467. The molecule has 1 heterocycles. The Kier molecular flexibility index (Phi) is 10.6. The third-order valence-corrected chi connectivity index (χ3v) is 6.21. The number of amides is 1. The smallest absolute Gasteiger partial charge is 0.295 e. The minimum atomic E-state index is -0.815. The number of aliphatic hydroxyl groups is 1. The highest BCUT2D eigenvalue weighted by Crippen LogP contribution is 2.42. The molecule has 38 heavy (non-hydrogen) atoms. The number of carbonyl (C=O) groups excluding carboxylic acids is 2. The molecule has 1 amide bonds. The predicted octanol–water partition coefficient (Wildman–Crippen LogP) is 5.37. The minimum absolute atomic E-state index is 0.0178. The summed E-state index contributed by atoms with van der Waals surface area (Å²) < 4.78 is 22.7. The van der Waals surface area contributed by atoms with E-state index in [2.05, 4.69) is 13.8 Å². The molecule has 1 saturated heterocycles. The number of aliphatic hydroxyl groups excluding tert-OH is 1. The Labute approximate surface area is 225 Å². The lowest BCUT2D eigenvalue weighted by atomic mass is 9.95. The van der Waals surface area contributed by atoms with Crippen molar-refractivity contribution in [3.05, 3.63) is 59.2 Å². The number of benzene rings is 2. The van der Waals surface area contributed by atoms with E-state index in [1.807, 2.05) is 13.8 Å². The highest BCUT2D eigenvalue weighted by Gasteiger charge is 2.46. The van der Waals surface area contributed by atoms with E-state index in [1.54, 1.807) is 42.5 Å². The molecule has 2 aromatic rings. The zero-order valence-corrected chi connectivity index (χ0v) is 23.0. The van der Waals surface area contributed by atoms with Crippen molar-refractivity contribution in [2.75, 3.05) is 40.1 Å². The fourth-order valence-electron chi connectivity index (χ4n) is 4.22. The van der Waals surface area contributed by atoms with Gasteiger partial charge in [0.2, 0.25) is 0 Å². The molecule has 3 rings (SSSR count). The lowest BCUT2D eigenvalue weighted by molar-refractivity contribution is -0.140. The summed E-state index contributed by atoms with van der Waals surface area (Å²) in [5.74, 6) is 0.589. The summed E-state index contributed by atoms with van der Waals surface area (Å²) in [6.07, 6.45) is 1.77. The van der Waals surface area contributed by atoms with Crippen LogP contribution in [0.3, 0.4) is 0 Å². The summed E-state index contributed by atoms with van der Waals surface area (Å²) in [6.45, 7) is 10.1. The van der Waals surface area contributed by atoms with Gasteiger partial charge in [0.25, 0.3) is 11.7 Å². The number of carbonyl (C=O) groups is 2. The molecule has 1 aliphatic heterocycles. The third-order valence-electron chi connectivity index (χ3n) is 6.21. The second-order valence-corrected chi connectivity index (χ2v) is 9.53. The minimum Gasteiger partial charge on any atom is -0.507 e. The van der Waals surface area contributed by atoms with Crippen molar-refractivity contribution in [3.63, 3.8) is 0 Å². The van der Waals surface area contributed by atoms with Crippen LogP contribution in [0.2, 0.25) is 0 Å². The van der Waals surface area contributed by atoms with Crippen molar-refractivity contribution in [1.29, 1.82) is 0 Å². The van der Waals surface area contributed by atoms with Crippen LogP contribution in [0, 0.1) is 5.92 Å². The number of rotatable bonds is 14. The van der Waals surface area contributed by atoms with Crippen LogP contribution in [0.4, 0.5) is 0 Å². The molecule has 0 aliphatic carbocycles. The Morgan fingerprint density at radius 1 is 0.947 bits per heavy atom. The van der Waals surface area contributed by atoms with Gasteiger partial charge < -0.3 is 29.0 Å². The molecule has 0 spiro atoms. The molecule has 0 radical (unpaired) electrons. The molecule has 2 aromatic carbocycles. The van der Waals surface area contributed by atoms with E-state index in [0.29, 0.717) is 54.1 Å². The van der Waals surface area contributed by atoms with E-state index in [-0.39, 0.29) is 24.5 Å². The average molecular weight is 526 g/mol. The third kappa shape index (κ3) is 6.86. The monoisotopic (exact) mass is 525 g/mol. The second-order valence-electron chi connectivity index (χ2n) is 9.53. The molecule has 1 aliphatic rings. The average Bonchev–Trinajstić information content (AvgIpc) is 3.16. The first kappa shape index (κ1) is 29.0. The van der Waals surface area contributed by atoms with Crippen molar-refractivity contribution < 1.29 is 33.6 Å². The number of Topliss-reactive ketones (excluding diaryl/α,β-unsaturated/α-hetero) is 1. The molecule has 1 atom stereocenters. The molecule has 1 fully saturated rings. The van der Waals surface area contributed by atoms with Crippen LogP contribution >= 0.6 is 0 Å². The Hall–Kier alpha value is -3.52. The number of hydrogen-bond donors (Lipinski definition) is 1. The summed E-state index contributed by atoms with van der Waals surface area (Å²) in [7, 11) is 1.53. The molecule has 1 N–H and O–H groups in total. The van der Waals surface area contributed by atoms with E-state index >= 15 is 0 Å². The standard InChI is InChI=1S/C30H39NO7/c1-6-16-37-23-11-8-21(9-12-23)28(32)26-27(31(15-18-35-5)30(34)29(26)33)22-10-13-24(25(19-22)36-7-2)38-17-14-20(3)4/h8-13,19-20,27,32H,6-7,14-18H2,1-5H3/b28-26+. The molecule has 206 valence electrons. The van der Waals surface area contributed by atoms with Gasteiger partial charge in [0, 0.05) is 19.2 Å². The molecule has 8 nitrogen and oxygen atoms in total. The van der Waals surface area contributed by atoms with Crippen molar-refractivity contribution in [2.24, 2.45) is 5.92 Å². The van der Waals surface area contributed by atoms with E-state index in [0.717, 1.165) is 12.8 Å². The maximum absolute atomic E-state index is 13.2. The van der Waals surface area contributed by atoms with Crippen LogP contribution < -0.4 is 14.2 Å². The number of methoxy groups -OCH3 is 1. The van der Waals surface area contributed by atoms with Gasteiger partial charge in [-0.25, -0.2) is 0 Å². The highest BCUT2D eigenvalue weighted by atomic mass is 16.5. The van der Waals surface area contributed by atoms with E-state index in [4.69, 9.17) is 18.9 Å². The highest BCUT2D eigenvalue weighted by molar-refractivity contribution is 6.46. The number of ether oxygens (including phenoxy) is 4. The van der Waals surface area contributed by atoms with Crippen LogP contribution in [0.15, 0.2) is 48.0 Å². The lowest BCUT2D eigenvalue weighted by Gasteiger charge is -2.26. The maximum Gasteiger partial charge on any atom is 0.295 e. The van der Waals surface area contributed by atoms with Gasteiger partial charge in [-0.1, -0.05) is 26.8 Å². The Balaban J connectivity index is 2.05. The van der Waals surface area contributed by atoms with Gasteiger partial charge in [-0.3, -0.25) is 9.59 Å². The predicted molar refractivity (Wildman–Crippen MR) is 146 cm³/mol. The molecule has 8 heteroatoms. The molecule has 0 bridgehead atoms. The zero-order valence-electron chi connectivity index (χ0n) is 23.0. The first-order valence-corrected chi connectivity index (χ1v) is 13.2. The molecule has 0 saturated carbocycles. The van der Waals surface area contributed by atoms with Gasteiger partial charge in [-0.15, -0.1) is 0 Å². The van der Waals surface area contributed by atoms with Gasteiger partial charge in [-0.2, -0.15) is 0 Å². The number of likely N-dealkylation sites (tertiary alicyclic amines) is 1. The van der Waals surface area contributed by atoms with E-state index < -0.39 is 17.7 Å². The number of hydrogen-bond acceptors (Lipinski definition) is 7. The summed E-state index contributed by atoms with van der Waals surface area (Å²) >= 11 is 0. The Morgan fingerprint density at radius 2 is 1.68 bits per heavy atom. The van der Waals surface area contributed by atoms with Gasteiger partial charge in [0.05, 0.1) is 38.0 Å². The SMILES string of the molecule is CCCOc1ccc(/C(O)=C2\C(=O)C(=O)N(CCOC)C2c2ccc(OCCC(C)C)c(OCC)c2)cc1.